The van der Waals surface area contributed by atoms with Crippen LogP contribution in [0.1, 0.15) is 82.1 Å². The molecule has 0 aromatic heterocycles. The van der Waals surface area contributed by atoms with Gasteiger partial charge in [0.05, 0.1) is 30.9 Å². The predicted octanol–water partition coefficient (Wildman–Crippen LogP) is 3.51. The molecule has 14 heteroatoms. The second-order valence-electron chi connectivity index (χ2n) is 14.1. The minimum absolute atomic E-state index is 0.00240. The number of hydrogen-bond acceptors (Lipinski definition) is 9. The molecule has 0 aliphatic rings. The summed E-state index contributed by atoms with van der Waals surface area (Å²) >= 11 is 5.66. The molecule has 0 unspecified atom stereocenters. The van der Waals surface area contributed by atoms with Crippen molar-refractivity contribution in [2.45, 2.75) is 136 Å². The molecule has 0 radical (unpaired) electrons. The number of ether oxygens (including phenoxy) is 2. The fraction of sp³-hybridized carbons (Fsp3) is 0.833. The smallest absolute Gasteiger partial charge is 0.408 e. The number of aliphatic hydroxyl groups excluding tert-OH is 1. The predicted molar refractivity (Wildman–Crippen MR) is 178 cm³/mol. The molecule has 0 bridgehead atoms. The zero-order chi connectivity index (χ0) is 34.8. The Morgan fingerprint density at radius 2 is 1.50 bits per heavy atom. The molecule has 12 nitrogen and oxygen atoms in total. The molecule has 0 aromatic rings. The van der Waals surface area contributed by atoms with Crippen LogP contribution in [0.5, 0.6) is 0 Å². The van der Waals surface area contributed by atoms with E-state index in [0.717, 1.165) is 7.11 Å². The second kappa shape index (κ2) is 17.4. The van der Waals surface area contributed by atoms with E-state index in [9.17, 15) is 24.3 Å². The number of alkyl carbamates (subject to hydrolysis) is 1. The summed E-state index contributed by atoms with van der Waals surface area (Å²) in [5.74, 6) is -1.88. The van der Waals surface area contributed by atoms with E-state index in [2.05, 4.69) is 49.8 Å². The first-order valence-corrected chi connectivity index (χ1v) is 18.5. The SMILES string of the molecule is CC[C@@H](NC(=O)OC(C)(C)C)C(=S)N[C@@H](CO[Si](C)(C)C(C)(C)C)C(=O)N(C)[C@H](CC(C)C)C(=O)N[C@@H](C(=O)OC)[C@@H](C)O. The lowest BCUT2D eigenvalue weighted by atomic mass is 10.0. The van der Waals surface area contributed by atoms with Crippen molar-refractivity contribution in [3.8, 4) is 0 Å². The number of likely N-dealkylation sites (N-methyl/N-ethyl adjacent to an activating group) is 1. The molecule has 0 fully saturated rings. The highest BCUT2D eigenvalue weighted by molar-refractivity contribution is 7.80. The van der Waals surface area contributed by atoms with Crippen molar-refractivity contribution < 1.29 is 38.2 Å². The van der Waals surface area contributed by atoms with Crippen molar-refractivity contribution in [3.63, 3.8) is 0 Å². The molecular formula is C30H58N4O8SSi. The minimum Gasteiger partial charge on any atom is -0.467 e. The molecule has 4 N–H and O–H groups in total. The summed E-state index contributed by atoms with van der Waals surface area (Å²) in [6.07, 6.45) is -1.16. The Balaban J connectivity index is 6.35. The lowest BCUT2D eigenvalue weighted by Gasteiger charge is -2.38. The number of amides is 3. The number of thiocarbonyl (C=S) groups is 1. The van der Waals surface area contributed by atoms with E-state index in [1.54, 1.807) is 20.8 Å². The molecule has 0 rings (SSSR count). The third-order valence-electron chi connectivity index (χ3n) is 7.50. The quantitative estimate of drug-likeness (QED) is 0.116. The summed E-state index contributed by atoms with van der Waals surface area (Å²) in [6, 6.07) is -3.92. The summed E-state index contributed by atoms with van der Waals surface area (Å²) in [6.45, 7) is 22.6. The van der Waals surface area contributed by atoms with E-state index < -0.39 is 68.1 Å². The Morgan fingerprint density at radius 3 is 1.91 bits per heavy atom. The summed E-state index contributed by atoms with van der Waals surface area (Å²) in [5, 5.41) is 18.4. The van der Waals surface area contributed by atoms with Crippen LogP contribution in [0.2, 0.25) is 18.1 Å². The Morgan fingerprint density at radius 1 is 0.955 bits per heavy atom. The van der Waals surface area contributed by atoms with Crippen LogP contribution in [0.25, 0.3) is 0 Å². The van der Waals surface area contributed by atoms with Gasteiger partial charge in [-0.05, 0) is 64.6 Å². The zero-order valence-electron chi connectivity index (χ0n) is 29.2. The molecule has 44 heavy (non-hydrogen) atoms. The van der Waals surface area contributed by atoms with E-state index in [1.165, 1.54) is 18.9 Å². The first-order valence-electron chi connectivity index (χ1n) is 15.1. The van der Waals surface area contributed by atoms with Crippen LogP contribution in [0.3, 0.4) is 0 Å². The van der Waals surface area contributed by atoms with Gasteiger partial charge in [0.1, 0.15) is 17.7 Å². The molecule has 0 aliphatic heterocycles. The van der Waals surface area contributed by atoms with Gasteiger partial charge in [0.2, 0.25) is 11.8 Å². The Bertz CT molecular complexity index is 995. The van der Waals surface area contributed by atoms with Gasteiger partial charge >= 0.3 is 12.1 Å². The Labute approximate surface area is 270 Å². The highest BCUT2D eigenvalue weighted by atomic mass is 32.1. The van der Waals surface area contributed by atoms with Crippen molar-refractivity contribution >= 4 is 49.4 Å². The molecule has 0 aliphatic carbocycles. The van der Waals surface area contributed by atoms with Crippen LogP contribution in [-0.4, -0.2) is 104 Å². The average Bonchev–Trinajstić information content (AvgIpc) is 2.87. The molecule has 5 atom stereocenters. The van der Waals surface area contributed by atoms with E-state index in [4.69, 9.17) is 26.1 Å². The molecule has 0 aromatic carbocycles. The third kappa shape index (κ3) is 13.8. The van der Waals surface area contributed by atoms with Crippen LogP contribution in [0, 0.1) is 5.92 Å². The van der Waals surface area contributed by atoms with Crippen molar-refractivity contribution in [3.05, 3.63) is 0 Å². The van der Waals surface area contributed by atoms with Crippen LogP contribution >= 0.6 is 12.2 Å². The van der Waals surface area contributed by atoms with E-state index >= 15 is 0 Å². The average molecular weight is 663 g/mol. The highest BCUT2D eigenvalue weighted by Crippen LogP contribution is 2.36. The van der Waals surface area contributed by atoms with Crippen LogP contribution in [0.15, 0.2) is 0 Å². The van der Waals surface area contributed by atoms with Gasteiger partial charge in [-0.1, -0.05) is 53.8 Å². The van der Waals surface area contributed by atoms with Crippen molar-refractivity contribution in [2.75, 3.05) is 20.8 Å². The molecule has 3 amide bonds. The van der Waals surface area contributed by atoms with Gasteiger partial charge < -0.3 is 39.9 Å². The number of carbonyl (C=O) groups is 4. The molecule has 0 saturated carbocycles. The lowest BCUT2D eigenvalue weighted by Crippen LogP contribution is -2.60. The maximum atomic E-state index is 14.1. The number of aliphatic hydroxyl groups is 1. The molecule has 0 spiro atoms. The van der Waals surface area contributed by atoms with Gasteiger partial charge in [-0.15, -0.1) is 0 Å². The highest BCUT2D eigenvalue weighted by Gasteiger charge is 2.40. The summed E-state index contributed by atoms with van der Waals surface area (Å²) < 4.78 is 16.5. The maximum Gasteiger partial charge on any atom is 0.408 e. The normalized spacial score (nSPS) is 15.7. The Kier molecular flexibility index (Phi) is 16.5. The van der Waals surface area contributed by atoms with Gasteiger partial charge in [0.25, 0.3) is 0 Å². The van der Waals surface area contributed by atoms with Crippen LogP contribution < -0.4 is 16.0 Å². The number of hydrogen-bond donors (Lipinski definition) is 4. The van der Waals surface area contributed by atoms with Gasteiger partial charge in [-0.2, -0.15) is 0 Å². The monoisotopic (exact) mass is 662 g/mol. The number of nitrogens with zero attached hydrogens (tertiary/aromatic N) is 1. The number of nitrogens with one attached hydrogen (secondary N) is 3. The fourth-order valence-electron chi connectivity index (χ4n) is 3.80. The largest absolute Gasteiger partial charge is 0.467 e. The number of carbonyl (C=O) groups excluding carboxylic acids is 4. The van der Waals surface area contributed by atoms with E-state index in [1.807, 2.05) is 20.8 Å². The first kappa shape index (κ1) is 41.7. The zero-order valence-corrected chi connectivity index (χ0v) is 31.1. The van der Waals surface area contributed by atoms with Crippen LogP contribution in [0.4, 0.5) is 4.79 Å². The molecule has 256 valence electrons. The minimum atomic E-state index is -2.32. The Hall–Kier alpha value is -2.29. The third-order valence-corrected chi connectivity index (χ3v) is 12.4. The summed E-state index contributed by atoms with van der Waals surface area (Å²) in [4.78, 5) is 53.8. The number of esters is 1. The van der Waals surface area contributed by atoms with Gasteiger partial charge in [0.15, 0.2) is 14.4 Å². The van der Waals surface area contributed by atoms with Crippen molar-refractivity contribution in [1.82, 2.24) is 20.9 Å². The molecular weight excluding hydrogens is 605 g/mol. The summed E-state index contributed by atoms with van der Waals surface area (Å²) in [7, 11) is 0.349. The van der Waals surface area contributed by atoms with Crippen LogP contribution in [-0.2, 0) is 28.3 Å². The van der Waals surface area contributed by atoms with Gasteiger partial charge in [0, 0.05) is 7.05 Å². The van der Waals surface area contributed by atoms with E-state index in [-0.39, 0.29) is 29.0 Å². The number of rotatable bonds is 15. The first-order chi connectivity index (χ1) is 19.9. The number of methoxy groups -OCH3 is 1. The standard InChI is InChI=1S/C30H58N4O8SSi/c1-15-20(32-28(39)42-29(5,6)7)25(43)31-21(17-41-44(13,14)30(8,9)10)26(37)34(11)22(16-18(2)3)24(36)33-23(19(4)35)27(38)40-12/h18-23,35H,15-17H2,1-14H3,(H,31,43)(H,32,39)(H,33,36)/t19-,20-,21+,22-,23-/m1/s1. The molecule has 0 saturated heterocycles. The van der Waals surface area contributed by atoms with E-state index in [0.29, 0.717) is 6.42 Å². The van der Waals surface area contributed by atoms with Gasteiger partial charge in [-0.25, -0.2) is 9.59 Å². The van der Waals surface area contributed by atoms with Crippen molar-refractivity contribution in [2.24, 2.45) is 5.92 Å². The van der Waals surface area contributed by atoms with Crippen molar-refractivity contribution in [1.29, 1.82) is 0 Å². The fourth-order valence-corrected chi connectivity index (χ4v) is 5.18. The molecule has 0 heterocycles. The lowest BCUT2D eigenvalue weighted by molar-refractivity contribution is -0.149. The summed E-state index contributed by atoms with van der Waals surface area (Å²) in [5.41, 5.74) is -0.706. The van der Waals surface area contributed by atoms with Gasteiger partial charge in [-0.3, -0.25) is 9.59 Å². The maximum absolute atomic E-state index is 14.1. The topological polar surface area (TPSA) is 156 Å². The second-order valence-corrected chi connectivity index (χ2v) is 19.3.